The molecule has 3 heteroatoms. The van der Waals surface area contributed by atoms with Crippen LogP contribution in [0.3, 0.4) is 0 Å². The third kappa shape index (κ3) is 3.02. The maximum atomic E-state index is 4.48. The number of hydrogen-bond donors (Lipinski definition) is 1. The van der Waals surface area contributed by atoms with E-state index < -0.39 is 0 Å². The highest BCUT2D eigenvalue weighted by molar-refractivity contribution is 9.10. The lowest BCUT2D eigenvalue weighted by atomic mass is 10.1. The first-order chi connectivity index (χ1) is 7.31. The predicted molar refractivity (Wildman–Crippen MR) is 65.7 cm³/mol. The van der Waals surface area contributed by atoms with Crippen LogP contribution in [0.15, 0.2) is 22.8 Å². The summed E-state index contributed by atoms with van der Waals surface area (Å²) in [6, 6.07) is 4.67. The minimum Gasteiger partial charge on any atom is -0.308 e. The molecule has 0 bridgehead atoms. The topological polar surface area (TPSA) is 24.9 Å². The Balaban J connectivity index is 2.06. The molecule has 0 aliphatic heterocycles. The van der Waals surface area contributed by atoms with Gasteiger partial charge in [0.1, 0.15) is 0 Å². The van der Waals surface area contributed by atoms with Gasteiger partial charge in [0.2, 0.25) is 0 Å². The van der Waals surface area contributed by atoms with Gasteiger partial charge in [0.25, 0.3) is 0 Å². The summed E-state index contributed by atoms with van der Waals surface area (Å²) in [4.78, 5) is 4.48. The predicted octanol–water partition coefficient (Wildman–Crippen LogP) is 3.29. The van der Waals surface area contributed by atoms with Gasteiger partial charge in [-0.05, 0) is 59.8 Å². The molecule has 0 aromatic carbocycles. The van der Waals surface area contributed by atoms with Gasteiger partial charge >= 0.3 is 0 Å². The Morgan fingerprint density at radius 1 is 1.53 bits per heavy atom. The second-order valence-electron chi connectivity index (χ2n) is 4.17. The molecule has 1 aromatic heterocycles. The molecule has 2 rings (SSSR count). The van der Waals surface area contributed by atoms with Gasteiger partial charge in [-0.3, -0.25) is 4.98 Å². The van der Waals surface area contributed by atoms with E-state index in [0.29, 0.717) is 6.04 Å². The minimum absolute atomic E-state index is 0.470. The molecule has 1 heterocycles. The molecule has 0 saturated heterocycles. The average Bonchev–Trinajstić information content (AvgIpc) is 3.05. The number of nitrogens with one attached hydrogen (secondary N) is 1. The molecule has 1 fully saturated rings. The summed E-state index contributed by atoms with van der Waals surface area (Å²) in [5, 5.41) is 3.59. The largest absolute Gasteiger partial charge is 0.308 e. The monoisotopic (exact) mass is 268 g/mol. The first-order valence-electron chi connectivity index (χ1n) is 5.66. The van der Waals surface area contributed by atoms with Crippen molar-refractivity contribution in [2.45, 2.75) is 32.2 Å². The van der Waals surface area contributed by atoms with Crippen LogP contribution in [-0.4, -0.2) is 11.5 Å². The first kappa shape index (κ1) is 11.1. The van der Waals surface area contributed by atoms with Crippen LogP contribution >= 0.6 is 15.9 Å². The molecule has 1 aromatic rings. The molecule has 0 amide bonds. The first-order valence-corrected chi connectivity index (χ1v) is 6.45. The van der Waals surface area contributed by atoms with E-state index in [9.17, 15) is 0 Å². The third-order valence-corrected chi connectivity index (χ3v) is 3.25. The van der Waals surface area contributed by atoms with Gasteiger partial charge in [0.15, 0.2) is 0 Å². The number of pyridine rings is 1. The van der Waals surface area contributed by atoms with Crippen molar-refractivity contribution in [1.82, 2.24) is 10.3 Å². The number of aromatic nitrogens is 1. The lowest BCUT2D eigenvalue weighted by Crippen LogP contribution is -2.24. The van der Waals surface area contributed by atoms with Crippen molar-refractivity contribution in [3.05, 3.63) is 28.5 Å². The summed E-state index contributed by atoms with van der Waals surface area (Å²) in [6.45, 7) is 3.28. The van der Waals surface area contributed by atoms with E-state index in [1.165, 1.54) is 25.0 Å². The zero-order valence-electron chi connectivity index (χ0n) is 9.04. The van der Waals surface area contributed by atoms with E-state index in [0.717, 1.165) is 16.9 Å². The molecule has 15 heavy (non-hydrogen) atoms. The van der Waals surface area contributed by atoms with Crippen molar-refractivity contribution in [3.63, 3.8) is 0 Å². The number of nitrogens with zero attached hydrogens (tertiary/aromatic N) is 1. The average molecular weight is 269 g/mol. The van der Waals surface area contributed by atoms with Crippen LogP contribution in [0.1, 0.15) is 37.9 Å². The Bertz CT molecular complexity index is 306. The summed E-state index contributed by atoms with van der Waals surface area (Å²) in [5.74, 6) is 0.810. The van der Waals surface area contributed by atoms with Gasteiger partial charge in [-0.15, -0.1) is 0 Å². The number of rotatable bonds is 5. The van der Waals surface area contributed by atoms with Gasteiger partial charge in [0.05, 0.1) is 11.7 Å². The highest BCUT2D eigenvalue weighted by atomic mass is 79.9. The Labute approximate surface area is 99.6 Å². The van der Waals surface area contributed by atoms with Crippen LogP contribution < -0.4 is 5.32 Å². The van der Waals surface area contributed by atoms with Crippen molar-refractivity contribution >= 4 is 15.9 Å². The molecular weight excluding hydrogens is 252 g/mol. The van der Waals surface area contributed by atoms with Crippen LogP contribution in [0.25, 0.3) is 0 Å². The fraction of sp³-hybridized carbons (Fsp3) is 0.583. The summed E-state index contributed by atoms with van der Waals surface area (Å²) >= 11 is 3.42. The highest BCUT2D eigenvalue weighted by Gasteiger charge is 2.32. The highest BCUT2D eigenvalue weighted by Crippen LogP contribution is 2.40. The van der Waals surface area contributed by atoms with Crippen LogP contribution in [0, 0.1) is 5.92 Å². The van der Waals surface area contributed by atoms with E-state index >= 15 is 0 Å². The Kier molecular flexibility index (Phi) is 3.76. The van der Waals surface area contributed by atoms with Gasteiger partial charge in [-0.25, -0.2) is 0 Å². The number of halogens is 1. The molecule has 0 spiro atoms. The second kappa shape index (κ2) is 5.08. The quantitative estimate of drug-likeness (QED) is 0.887. The van der Waals surface area contributed by atoms with Gasteiger partial charge in [-0.1, -0.05) is 6.92 Å². The molecule has 0 radical (unpaired) electrons. The molecule has 1 aliphatic carbocycles. The second-order valence-corrected chi connectivity index (χ2v) is 5.09. The lowest BCUT2D eigenvalue weighted by Gasteiger charge is -2.17. The molecule has 1 aliphatic rings. The maximum Gasteiger partial charge on any atom is 0.0576 e. The standard InChI is InChI=1S/C12H17BrN2/c1-2-7-14-12(9-3-4-9)11-6-5-10(13)8-15-11/h5-6,8-9,12,14H,2-4,7H2,1H3. The summed E-state index contributed by atoms with van der Waals surface area (Å²) in [5.41, 5.74) is 1.19. The van der Waals surface area contributed by atoms with Crippen molar-refractivity contribution in [2.24, 2.45) is 5.92 Å². The van der Waals surface area contributed by atoms with Crippen molar-refractivity contribution in [2.75, 3.05) is 6.54 Å². The fourth-order valence-electron chi connectivity index (χ4n) is 1.81. The van der Waals surface area contributed by atoms with Gasteiger partial charge in [-0.2, -0.15) is 0 Å². The molecule has 82 valence electrons. The van der Waals surface area contributed by atoms with Crippen LogP contribution in [0.4, 0.5) is 0 Å². The normalized spacial score (nSPS) is 17.7. The van der Waals surface area contributed by atoms with Gasteiger partial charge in [0, 0.05) is 10.7 Å². The van der Waals surface area contributed by atoms with Crippen molar-refractivity contribution in [3.8, 4) is 0 Å². The van der Waals surface area contributed by atoms with Crippen molar-refractivity contribution < 1.29 is 0 Å². The molecule has 1 saturated carbocycles. The third-order valence-electron chi connectivity index (χ3n) is 2.78. The summed E-state index contributed by atoms with van der Waals surface area (Å²) in [7, 11) is 0. The Morgan fingerprint density at radius 2 is 2.33 bits per heavy atom. The molecule has 1 atom stereocenters. The smallest absolute Gasteiger partial charge is 0.0576 e. The molecule has 1 unspecified atom stereocenters. The fourth-order valence-corrected chi connectivity index (χ4v) is 2.05. The molecule has 2 nitrogen and oxygen atoms in total. The minimum atomic E-state index is 0.470. The van der Waals surface area contributed by atoms with Crippen LogP contribution in [0.5, 0.6) is 0 Å². The summed E-state index contributed by atoms with van der Waals surface area (Å²) < 4.78 is 1.05. The number of hydrogen-bond acceptors (Lipinski definition) is 2. The Morgan fingerprint density at radius 3 is 2.87 bits per heavy atom. The lowest BCUT2D eigenvalue weighted by molar-refractivity contribution is 0.470. The summed E-state index contributed by atoms with van der Waals surface area (Å²) in [6.07, 6.45) is 5.76. The zero-order chi connectivity index (χ0) is 10.7. The SMILES string of the molecule is CCCNC(c1ccc(Br)cn1)C1CC1. The Hall–Kier alpha value is -0.410. The van der Waals surface area contributed by atoms with E-state index in [1.54, 1.807) is 0 Å². The zero-order valence-corrected chi connectivity index (χ0v) is 10.6. The van der Waals surface area contributed by atoms with E-state index in [4.69, 9.17) is 0 Å². The van der Waals surface area contributed by atoms with Crippen molar-refractivity contribution in [1.29, 1.82) is 0 Å². The van der Waals surface area contributed by atoms with Crippen LogP contribution in [-0.2, 0) is 0 Å². The maximum absolute atomic E-state index is 4.48. The molecular formula is C12H17BrN2. The van der Waals surface area contributed by atoms with Crippen LogP contribution in [0.2, 0.25) is 0 Å². The van der Waals surface area contributed by atoms with E-state index in [-0.39, 0.29) is 0 Å². The van der Waals surface area contributed by atoms with E-state index in [2.05, 4.69) is 45.3 Å². The van der Waals surface area contributed by atoms with Gasteiger partial charge < -0.3 is 5.32 Å². The van der Waals surface area contributed by atoms with E-state index in [1.807, 2.05) is 6.20 Å². The molecule has 1 N–H and O–H groups in total.